The highest BCUT2D eigenvalue weighted by Crippen LogP contribution is 2.43. The second kappa shape index (κ2) is 10.4. The highest BCUT2D eigenvalue weighted by molar-refractivity contribution is 7.89. The van der Waals surface area contributed by atoms with E-state index in [9.17, 15) is 43.9 Å². The van der Waals surface area contributed by atoms with Crippen LogP contribution in [0.2, 0.25) is 0 Å². The van der Waals surface area contributed by atoms with E-state index in [1.54, 1.807) is 13.8 Å². The predicted octanol–water partition coefficient (Wildman–Crippen LogP) is 5.38. The molecule has 36 heavy (non-hydrogen) atoms. The lowest BCUT2D eigenvalue weighted by atomic mass is 9.91. The van der Waals surface area contributed by atoms with Crippen molar-refractivity contribution in [3.8, 4) is 0 Å². The van der Waals surface area contributed by atoms with Crippen molar-refractivity contribution in [3.05, 3.63) is 64.2 Å². The Morgan fingerprint density at radius 1 is 1.03 bits per heavy atom. The maximum absolute atomic E-state index is 15.0. The lowest BCUT2D eigenvalue weighted by molar-refractivity contribution is -0.143. The molecule has 1 amide bonds. The first-order chi connectivity index (χ1) is 16.7. The van der Waals surface area contributed by atoms with E-state index in [1.165, 1.54) is 24.3 Å². The molecule has 0 saturated carbocycles. The summed E-state index contributed by atoms with van der Waals surface area (Å²) in [7, 11) is -4.52. The Morgan fingerprint density at radius 2 is 1.58 bits per heavy atom. The number of nitrogens with one attached hydrogen (secondary N) is 1. The number of carbonyl (C=O) groups excluding carboxylic acids is 1. The van der Waals surface area contributed by atoms with Crippen molar-refractivity contribution in [2.24, 2.45) is 0 Å². The third-order valence-corrected chi connectivity index (χ3v) is 7.86. The number of benzene rings is 2. The molecule has 1 fully saturated rings. The lowest BCUT2D eigenvalue weighted by Crippen LogP contribution is -2.48. The Morgan fingerprint density at radius 3 is 2.08 bits per heavy atom. The molecule has 5 nitrogen and oxygen atoms in total. The van der Waals surface area contributed by atoms with Gasteiger partial charge in [0.25, 0.3) is 0 Å². The highest BCUT2D eigenvalue weighted by atomic mass is 32.2. The zero-order chi connectivity index (χ0) is 27.0. The van der Waals surface area contributed by atoms with E-state index in [0.29, 0.717) is 16.3 Å². The van der Waals surface area contributed by atoms with Crippen LogP contribution < -0.4 is 5.32 Å². The summed E-state index contributed by atoms with van der Waals surface area (Å²) in [6.45, 7) is 2.97. The summed E-state index contributed by atoms with van der Waals surface area (Å²) in [6.07, 6.45) is -5.72. The molecule has 2 unspecified atom stereocenters. The molecule has 1 N–H and O–H groups in total. The van der Waals surface area contributed by atoms with Gasteiger partial charge < -0.3 is 5.32 Å². The molecule has 0 aromatic heterocycles. The van der Waals surface area contributed by atoms with Gasteiger partial charge in [0.05, 0.1) is 10.9 Å². The molecule has 2 aromatic carbocycles. The standard InChI is InChI=1S/C23H23F7N2O3S/c1-3-4-16(33)31-13-9-10-32(36(34,35)14-7-5-12(2)6-8-14)15(11-13)17-19(24)21(26)18(23(28,29)30)22(27)20(17)25/h5-8,13,15H,3-4,9-11H2,1-2H3,(H,31,33). The van der Waals surface area contributed by atoms with E-state index >= 15 is 0 Å². The summed E-state index contributed by atoms with van der Waals surface area (Å²) in [5.41, 5.74) is -3.55. The lowest BCUT2D eigenvalue weighted by Gasteiger charge is -2.39. The number of carbonyl (C=O) groups is 1. The summed E-state index contributed by atoms with van der Waals surface area (Å²) >= 11 is 0. The summed E-state index contributed by atoms with van der Waals surface area (Å²) in [5.74, 6) is -10.5. The Labute approximate surface area is 203 Å². The van der Waals surface area contributed by atoms with E-state index in [1.807, 2.05) is 0 Å². The number of amides is 1. The Balaban J connectivity index is 2.17. The molecule has 0 radical (unpaired) electrons. The van der Waals surface area contributed by atoms with Crippen LogP contribution >= 0.6 is 0 Å². The van der Waals surface area contributed by atoms with Crippen LogP contribution in [0.4, 0.5) is 30.7 Å². The van der Waals surface area contributed by atoms with Crippen molar-refractivity contribution in [2.75, 3.05) is 6.54 Å². The van der Waals surface area contributed by atoms with Crippen molar-refractivity contribution in [3.63, 3.8) is 0 Å². The fraction of sp³-hybridized carbons (Fsp3) is 0.435. The molecule has 0 bridgehead atoms. The number of piperidine rings is 1. The van der Waals surface area contributed by atoms with Gasteiger partial charge in [0.2, 0.25) is 15.9 Å². The topological polar surface area (TPSA) is 66.5 Å². The van der Waals surface area contributed by atoms with Crippen LogP contribution in [0.5, 0.6) is 0 Å². The van der Waals surface area contributed by atoms with Crippen LogP contribution in [0, 0.1) is 30.2 Å². The third kappa shape index (κ3) is 5.36. The first-order valence-corrected chi connectivity index (χ1v) is 12.4. The van der Waals surface area contributed by atoms with Gasteiger partial charge in [0.1, 0.15) is 5.56 Å². The van der Waals surface area contributed by atoms with E-state index in [4.69, 9.17) is 0 Å². The molecular weight excluding hydrogens is 517 g/mol. The Kier molecular flexibility index (Phi) is 8.04. The maximum Gasteiger partial charge on any atom is 0.422 e. The molecule has 0 spiro atoms. The second-order valence-electron chi connectivity index (χ2n) is 8.53. The van der Waals surface area contributed by atoms with Gasteiger partial charge in [-0.25, -0.2) is 26.0 Å². The van der Waals surface area contributed by atoms with Crippen molar-refractivity contribution < 1.29 is 43.9 Å². The van der Waals surface area contributed by atoms with Gasteiger partial charge in [-0.05, 0) is 38.3 Å². The minimum atomic E-state index is -5.74. The number of rotatable bonds is 6. The van der Waals surface area contributed by atoms with E-state index in [2.05, 4.69) is 5.32 Å². The van der Waals surface area contributed by atoms with Gasteiger partial charge in [-0.3, -0.25) is 4.79 Å². The average molecular weight is 541 g/mol. The summed E-state index contributed by atoms with van der Waals surface area (Å²) < 4.78 is 125. The van der Waals surface area contributed by atoms with E-state index in [-0.39, 0.29) is 17.7 Å². The largest absolute Gasteiger partial charge is 0.422 e. The van der Waals surface area contributed by atoms with Crippen molar-refractivity contribution >= 4 is 15.9 Å². The first kappa shape index (κ1) is 27.9. The average Bonchev–Trinajstić information content (AvgIpc) is 2.77. The Hall–Kier alpha value is -2.67. The summed E-state index contributed by atoms with van der Waals surface area (Å²) in [6, 6.07) is 2.56. The highest BCUT2D eigenvalue weighted by Gasteiger charge is 2.46. The van der Waals surface area contributed by atoms with Gasteiger partial charge >= 0.3 is 6.18 Å². The third-order valence-electron chi connectivity index (χ3n) is 5.94. The molecule has 3 rings (SSSR count). The van der Waals surface area contributed by atoms with Crippen molar-refractivity contribution in [1.29, 1.82) is 0 Å². The quantitative estimate of drug-likeness (QED) is 0.395. The minimum Gasteiger partial charge on any atom is -0.353 e. The first-order valence-electron chi connectivity index (χ1n) is 11.0. The van der Waals surface area contributed by atoms with Crippen LogP contribution in [-0.4, -0.2) is 31.2 Å². The molecule has 1 heterocycles. The van der Waals surface area contributed by atoms with Crippen molar-refractivity contribution in [2.45, 2.75) is 62.7 Å². The number of sulfonamides is 1. The van der Waals surface area contributed by atoms with Gasteiger partial charge in [-0.2, -0.15) is 17.5 Å². The van der Waals surface area contributed by atoms with E-state index < -0.39 is 81.6 Å². The fourth-order valence-electron chi connectivity index (χ4n) is 4.19. The van der Waals surface area contributed by atoms with Crippen LogP contribution in [0.3, 0.4) is 0 Å². The number of nitrogens with zero attached hydrogens (tertiary/aromatic N) is 1. The van der Waals surface area contributed by atoms with E-state index in [0.717, 1.165) is 0 Å². The number of aryl methyl sites for hydroxylation is 1. The van der Waals surface area contributed by atoms with Gasteiger partial charge in [0, 0.05) is 24.6 Å². The Bertz CT molecular complexity index is 1220. The van der Waals surface area contributed by atoms with Crippen LogP contribution in [-0.2, 0) is 21.0 Å². The van der Waals surface area contributed by atoms with Gasteiger partial charge in [-0.1, -0.05) is 24.6 Å². The van der Waals surface area contributed by atoms with Crippen LogP contribution in [0.25, 0.3) is 0 Å². The van der Waals surface area contributed by atoms with Gasteiger partial charge in [0.15, 0.2) is 23.3 Å². The summed E-state index contributed by atoms with van der Waals surface area (Å²) in [5, 5.41) is 2.57. The van der Waals surface area contributed by atoms with Crippen molar-refractivity contribution in [1.82, 2.24) is 9.62 Å². The molecule has 1 aliphatic rings. The zero-order valence-corrected chi connectivity index (χ0v) is 20.0. The van der Waals surface area contributed by atoms with Gasteiger partial charge in [-0.15, -0.1) is 0 Å². The number of hydrogen-bond acceptors (Lipinski definition) is 3. The predicted molar refractivity (Wildman–Crippen MR) is 115 cm³/mol. The fourth-order valence-corrected chi connectivity index (χ4v) is 5.81. The molecular formula is C23H23F7N2O3S. The number of hydrogen-bond donors (Lipinski definition) is 1. The normalized spacial score (nSPS) is 19.4. The molecule has 198 valence electrons. The maximum atomic E-state index is 15.0. The molecule has 2 aromatic rings. The number of halogens is 7. The van der Waals surface area contributed by atoms with Crippen LogP contribution in [0.1, 0.15) is 55.3 Å². The second-order valence-corrected chi connectivity index (χ2v) is 10.4. The zero-order valence-electron chi connectivity index (χ0n) is 19.2. The molecule has 1 aliphatic heterocycles. The molecule has 1 saturated heterocycles. The smallest absolute Gasteiger partial charge is 0.353 e. The summed E-state index contributed by atoms with van der Waals surface area (Å²) in [4.78, 5) is 11.8. The molecule has 0 aliphatic carbocycles. The monoisotopic (exact) mass is 540 g/mol. The molecule has 2 atom stereocenters. The SMILES string of the molecule is CCCC(=O)NC1CCN(S(=O)(=O)c2ccc(C)cc2)C(c2c(F)c(F)c(C(F)(F)F)c(F)c2F)C1. The van der Waals surface area contributed by atoms with Crippen LogP contribution in [0.15, 0.2) is 29.2 Å². The minimum absolute atomic E-state index is 0.00805. The molecule has 13 heteroatoms. The number of alkyl halides is 3.